The van der Waals surface area contributed by atoms with Crippen molar-refractivity contribution >= 4 is 15.9 Å². The number of piperazine rings is 1. The number of ether oxygens (including phenoxy) is 2. The molecule has 0 aromatic heterocycles. The fourth-order valence-electron chi connectivity index (χ4n) is 4.53. The van der Waals surface area contributed by atoms with E-state index in [-0.39, 0.29) is 24.0 Å². The van der Waals surface area contributed by atoms with Crippen LogP contribution in [0.15, 0.2) is 83.8 Å². The zero-order valence-electron chi connectivity index (χ0n) is 19.9. The van der Waals surface area contributed by atoms with Crippen LogP contribution in [-0.4, -0.2) is 63.1 Å². The van der Waals surface area contributed by atoms with Crippen molar-refractivity contribution in [3.8, 4) is 11.5 Å². The van der Waals surface area contributed by atoms with Gasteiger partial charge in [0.2, 0.25) is 22.7 Å². The van der Waals surface area contributed by atoms with Crippen LogP contribution in [0.1, 0.15) is 11.1 Å². The molecule has 1 unspecified atom stereocenters. The first-order valence-corrected chi connectivity index (χ1v) is 13.5. The summed E-state index contributed by atoms with van der Waals surface area (Å²) in [6, 6.07) is 22.7. The number of rotatable bonds is 8. The van der Waals surface area contributed by atoms with Crippen LogP contribution in [0.3, 0.4) is 0 Å². The van der Waals surface area contributed by atoms with Gasteiger partial charge < -0.3 is 14.4 Å². The van der Waals surface area contributed by atoms with Crippen LogP contribution in [0, 0.1) is 0 Å². The number of hydrogen-bond donors (Lipinski definition) is 1. The quantitative estimate of drug-likeness (QED) is 0.505. The van der Waals surface area contributed by atoms with Crippen molar-refractivity contribution in [3.63, 3.8) is 0 Å². The molecule has 0 radical (unpaired) electrons. The van der Waals surface area contributed by atoms with Gasteiger partial charge in [-0.05, 0) is 41.8 Å². The topological polar surface area (TPSA) is 88.2 Å². The minimum Gasteiger partial charge on any atom is -0.454 e. The van der Waals surface area contributed by atoms with Gasteiger partial charge in [-0.1, -0.05) is 54.6 Å². The molecule has 0 bridgehead atoms. The van der Waals surface area contributed by atoms with Gasteiger partial charge in [0, 0.05) is 32.7 Å². The summed E-state index contributed by atoms with van der Waals surface area (Å²) >= 11 is 0. The van der Waals surface area contributed by atoms with Gasteiger partial charge in [-0.2, -0.15) is 4.72 Å². The molecule has 2 aliphatic rings. The molecule has 0 aliphatic carbocycles. The number of amides is 1. The molecule has 1 atom stereocenters. The average Bonchev–Trinajstić information content (AvgIpc) is 3.37. The largest absolute Gasteiger partial charge is 0.454 e. The second kappa shape index (κ2) is 10.7. The molecule has 1 N–H and O–H groups in total. The third kappa shape index (κ3) is 5.70. The summed E-state index contributed by atoms with van der Waals surface area (Å²) < 4.78 is 39.6. The Balaban J connectivity index is 1.25. The van der Waals surface area contributed by atoms with E-state index in [0.29, 0.717) is 26.2 Å². The lowest BCUT2D eigenvalue weighted by Crippen LogP contribution is -2.55. The standard InChI is InChI=1S/C27H29N3O5S/c31-27(30-15-13-29(14-16-30)19-22-11-12-25-26(18-22)35-20-34-25)24(17-21-7-3-1-4-8-21)28-36(32,33)23-9-5-2-6-10-23/h1-12,18,24,28H,13-17,19-20H2. The number of benzene rings is 3. The van der Waals surface area contributed by atoms with E-state index < -0.39 is 16.1 Å². The second-order valence-corrected chi connectivity index (χ2v) is 10.7. The Morgan fingerprint density at radius 3 is 2.22 bits per heavy atom. The van der Waals surface area contributed by atoms with E-state index >= 15 is 0 Å². The molecule has 2 aliphatic heterocycles. The molecule has 0 spiro atoms. The van der Waals surface area contributed by atoms with Gasteiger partial charge in [-0.15, -0.1) is 0 Å². The van der Waals surface area contributed by atoms with Gasteiger partial charge in [0.05, 0.1) is 4.90 Å². The molecule has 5 rings (SSSR count). The van der Waals surface area contributed by atoms with E-state index in [4.69, 9.17) is 9.47 Å². The Bertz CT molecular complexity index is 1290. The summed E-state index contributed by atoms with van der Waals surface area (Å²) in [4.78, 5) is 17.7. The maximum Gasteiger partial charge on any atom is 0.241 e. The van der Waals surface area contributed by atoms with Gasteiger partial charge >= 0.3 is 0 Å². The summed E-state index contributed by atoms with van der Waals surface area (Å²) in [5.41, 5.74) is 2.02. The number of carbonyl (C=O) groups is 1. The van der Waals surface area contributed by atoms with Crippen molar-refractivity contribution in [1.29, 1.82) is 0 Å². The highest BCUT2D eigenvalue weighted by molar-refractivity contribution is 7.89. The van der Waals surface area contributed by atoms with Crippen LogP contribution >= 0.6 is 0 Å². The Kier molecular flexibility index (Phi) is 7.22. The normalized spacial score (nSPS) is 16.6. The molecular weight excluding hydrogens is 478 g/mol. The molecule has 1 amide bonds. The summed E-state index contributed by atoms with van der Waals surface area (Å²) in [6.45, 7) is 3.45. The molecule has 9 heteroatoms. The SMILES string of the molecule is O=C(C(Cc1ccccc1)NS(=O)(=O)c1ccccc1)N1CCN(Cc2ccc3c(c2)OCO3)CC1. The second-order valence-electron chi connectivity index (χ2n) is 8.97. The van der Waals surface area contributed by atoms with Gasteiger partial charge in [0.25, 0.3) is 0 Å². The van der Waals surface area contributed by atoms with Crippen LogP contribution in [0.5, 0.6) is 11.5 Å². The van der Waals surface area contributed by atoms with E-state index in [9.17, 15) is 13.2 Å². The van der Waals surface area contributed by atoms with Crippen LogP contribution in [0.4, 0.5) is 0 Å². The minimum absolute atomic E-state index is 0.143. The lowest BCUT2D eigenvalue weighted by molar-refractivity contribution is -0.134. The average molecular weight is 508 g/mol. The number of hydrogen-bond acceptors (Lipinski definition) is 6. The van der Waals surface area contributed by atoms with E-state index in [0.717, 1.165) is 29.2 Å². The van der Waals surface area contributed by atoms with Crippen molar-refractivity contribution in [3.05, 3.63) is 90.0 Å². The van der Waals surface area contributed by atoms with E-state index in [1.54, 1.807) is 23.1 Å². The molecular formula is C27H29N3O5S. The first-order chi connectivity index (χ1) is 17.5. The fraction of sp³-hybridized carbons (Fsp3) is 0.296. The molecule has 188 valence electrons. The number of nitrogens with zero attached hydrogens (tertiary/aromatic N) is 2. The number of sulfonamides is 1. The zero-order valence-corrected chi connectivity index (χ0v) is 20.7. The number of carbonyl (C=O) groups excluding carboxylic acids is 1. The van der Waals surface area contributed by atoms with Crippen LogP contribution in [-0.2, 0) is 27.8 Å². The first kappa shape index (κ1) is 24.3. The molecule has 0 saturated carbocycles. The van der Waals surface area contributed by atoms with E-state index in [2.05, 4.69) is 9.62 Å². The van der Waals surface area contributed by atoms with Crippen LogP contribution < -0.4 is 14.2 Å². The van der Waals surface area contributed by atoms with Crippen LogP contribution in [0.25, 0.3) is 0 Å². The monoisotopic (exact) mass is 507 g/mol. The molecule has 3 aromatic rings. The van der Waals surface area contributed by atoms with Crippen molar-refractivity contribution in [2.24, 2.45) is 0 Å². The van der Waals surface area contributed by atoms with Crippen molar-refractivity contribution in [2.45, 2.75) is 23.9 Å². The van der Waals surface area contributed by atoms with Crippen molar-refractivity contribution in [1.82, 2.24) is 14.5 Å². The highest BCUT2D eigenvalue weighted by Crippen LogP contribution is 2.32. The van der Waals surface area contributed by atoms with Gasteiger partial charge in [-0.25, -0.2) is 8.42 Å². The lowest BCUT2D eigenvalue weighted by Gasteiger charge is -2.36. The Hall–Kier alpha value is -3.40. The third-order valence-corrected chi connectivity index (χ3v) is 7.95. The zero-order chi connectivity index (χ0) is 25.0. The maximum atomic E-state index is 13.6. The van der Waals surface area contributed by atoms with Gasteiger partial charge in [-0.3, -0.25) is 9.69 Å². The van der Waals surface area contributed by atoms with Crippen LogP contribution in [0.2, 0.25) is 0 Å². The Labute approximate surface area is 211 Å². The maximum absolute atomic E-state index is 13.6. The summed E-state index contributed by atoms with van der Waals surface area (Å²) in [5.74, 6) is 1.31. The predicted molar refractivity (Wildman–Crippen MR) is 135 cm³/mol. The Morgan fingerprint density at radius 1 is 0.833 bits per heavy atom. The highest BCUT2D eigenvalue weighted by atomic mass is 32.2. The summed E-state index contributed by atoms with van der Waals surface area (Å²) in [6.07, 6.45) is 0.281. The molecule has 36 heavy (non-hydrogen) atoms. The minimum atomic E-state index is -3.85. The third-order valence-electron chi connectivity index (χ3n) is 6.46. The summed E-state index contributed by atoms with van der Waals surface area (Å²) in [5, 5.41) is 0. The van der Waals surface area contributed by atoms with Crippen molar-refractivity contribution in [2.75, 3.05) is 33.0 Å². The molecule has 1 fully saturated rings. The molecule has 3 aromatic carbocycles. The molecule has 8 nitrogen and oxygen atoms in total. The highest BCUT2D eigenvalue weighted by Gasteiger charge is 2.31. The summed E-state index contributed by atoms with van der Waals surface area (Å²) in [7, 11) is -3.85. The Morgan fingerprint density at radius 2 is 1.50 bits per heavy atom. The first-order valence-electron chi connectivity index (χ1n) is 12.0. The fourth-order valence-corrected chi connectivity index (χ4v) is 5.74. The van der Waals surface area contributed by atoms with E-state index in [1.807, 2.05) is 48.5 Å². The predicted octanol–water partition coefficient (Wildman–Crippen LogP) is 2.65. The number of fused-ring (bicyclic) bond motifs is 1. The smallest absolute Gasteiger partial charge is 0.241 e. The van der Waals surface area contributed by atoms with Crippen molar-refractivity contribution < 1.29 is 22.7 Å². The lowest BCUT2D eigenvalue weighted by atomic mass is 10.1. The van der Waals surface area contributed by atoms with E-state index in [1.165, 1.54) is 12.1 Å². The number of nitrogens with one attached hydrogen (secondary N) is 1. The van der Waals surface area contributed by atoms with Gasteiger partial charge in [0.1, 0.15) is 6.04 Å². The molecule has 1 saturated heterocycles. The molecule has 2 heterocycles. The van der Waals surface area contributed by atoms with Gasteiger partial charge in [0.15, 0.2) is 11.5 Å².